The Hall–Kier alpha value is -1.78. The number of carbonyl (C=O) groups is 2. The molecule has 152 valence electrons. The summed E-state index contributed by atoms with van der Waals surface area (Å²) in [6.45, 7) is 8.46. The quantitative estimate of drug-likeness (QED) is 0.742. The lowest BCUT2D eigenvalue weighted by Gasteiger charge is -2.42. The molecule has 27 heavy (non-hydrogen) atoms. The summed E-state index contributed by atoms with van der Waals surface area (Å²) in [5.74, 6) is 2.30. The van der Waals surface area contributed by atoms with Crippen LogP contribution >= 0.6 is 0 Å². The number of nitrogens with zero attached hydrogens (tertiary/aromatic N) is 3. The second-order valence-electron chi connectivity index (χ2n) is 8.15. The zero-order valence-electron chi connectivity index (χ0n) is 17.9. The number of hydrogen-bond acceptors (Lipinski definition) is 5. The Morgan fingerprint density at radius 2 is 1.89 bits per heavy atom. The number of piperazine rings is 1. The first-order chi connectivity index (χ1) is 13.3. The standard InChI is InChI=1S/C20H34N4O3/c1-6-7-17(21-19(26)27-20(2,3)4)18(25)24-14-12-23(13-15-24)16-8-10-22(5)11-9-16/h1,16-17H,7-15H2,2-5H3,(H,21,26)/i2D. The van der Waals surface area contributed by atoms with E-state index in [2.05, 4.69) is 28.1 Å². The predicted molar refractivity (Wildman–Crippen MR) is 105 cm³/mol. The monoisotopic (exact) mass is 379 g/mol. The molecule has 0 aliphatic carbocycles. The lowest BCUT2D eigenvalue weighted by molar-refractivity contribution is -0.135. The normalized spacial score (nSPS) is 21.9. The zero-order valence-corrected chi connectivity index (χ0v) is 16.9. The van der Waals surface area contributed by atoms with E-state index >= 15 is 0 Å². The highest BCUT2D eigenvalue weighted by molar-refractivity contribution is 5.86. The topological polar surface area (TPSA) is 65.1 Å². The maximum absolute atomic E-state index is 12.9. The van der Waals surface area contributed by atoms with Crippen LogP contribution in [0.2, 0.25) is 0 Å². The third-order valence-corrected chi connectivity index (χ3v) is 5.11. The van der Waals surface area contributed by atoms with Crippen molar-refractivity contribution in [2.75, 3.05) is 46.3 Å². The smallest absolute Gasteiger partial charge is 0.408 e. The highest BCUT2D eigenvalue weighted by Gasteiger charge is 2.32. The SMILES string of the molecule is [2H]CC(C)(C)OC(=O)NC(CC#C)C(=O)N1CCN(C2CCN(C)CC2)CC1. The van der Waals surface area contributed by atoms with Crippen LogP contribution in [0.4, 0.5) is 4.79 Å². The molecule has 0 aromatic heterocycles. The van der Waals surface area contributed by atoms with Gasteiger partial charge in [-0.05, 0) is 53.7 Å². The van der Waals surface area contributed by atoms with E-state index in [0.29, 0.717) is 19.1 Å². The van der Waals surface area contributed by atoms with Crippen molar-refractivity contribution in [3.8, 4) is 12.3 Å². The van der Waals surface area contributed by atoms with E-state index < -0.39 is 17.7 Å². The van der Waals surface area contributed by atoms with Crippen LogP contribution < -0.4 is 5.32 Å². The minimum absolute atomic E-state index is 0.0624. The van der Waals surface area contributed by atoms with Crippen LogP contribution in [0.15, 0.2) is 0 Å². The van der Waals surface area contributed by atoms with Gasteiger partial charge in [0.25, 0.3) is 0 Å². The molecule has 2 amide bonds. The van der Waals surface area contributed by atoms with E-state index in [4.69, 9.17) is 12.5 Å². The minimum Gasteiger partial charge on any atom is -0.444 e. The summed E-state index contributed by atoms with van der Waals surface area (Å²) in [6.07, 6.45) is 7.14. The molecule has 7 nitrogen and oxygen atoms in total. The Balaban J connectivity index is 1.86. The average molecular weight is 380 g/mol. The van der Waals surface area contributed by atoms with Gasteiger partial charge < -0.3 is 19.9 Å². The molecule has 0 saturated carbocycles. The molecule has 1 atom stereocenters. The molecule has 1 unspecified atom stereocenters. The second-order valence-corrected chi connectivity index (χ2v) is 8.15. The summed E-state index contributed by atoms with van der Waals surface area (Å²) in [5.41, 5.74) is -0.909. The van der Waals surface area contributed by atoms with E-state index in [0.717, 1.165) is 26.2 Å². The van der Waals surface area contributed by atoms with E-state index in [9.17, 15) is 9.59 Å². The zero-order chi connectivity index (χ0) is 20.7. The number of piperidine rings is 1. The number of nitrogens with one attached hydrogen (secondary N) is 1. The van der Waals surface area contributed by atoms with Crippen molar-refractivity contribution in [3.05, 3.63) is 0 Å². The summed E-state index contributed by atoms with van der Waals surface area (Å²) in [5, 5.41) is 2.59. The van der Waals surface area contributed by atoms with Gasteiger partial charge >= 0.3 is 6.09 Å². The van der Waals surface area contributed by atoms with Crippen molar-refractivity contribution < 1.29 is 15.7 Å². The number of hydrogen-bond donors (Lipinski definition) is 1. The van der Waals surface area contributed by atoms with Crippen molar-refractivity contribution >= 4 is 12.0 Å². The number of alkyl carbamates (subject to hydrolysis) is 1. The maximum atomic E-state index is 12.9. The summed E-state index contributed by atoms with van der Waals surface area (Å²) >= 11 is 0. The van der Waals surface area contributed by atoms with Crippen LogP contribution in [0.3, 0.4) is 0 Å². The number of ether oxygens (including phenoxy) is 1. The lowest BCUT2D eigenvalue weighted by Crippen LogP contribution is -2.57. The van der Waals surface area contributed by atoms with E-state index in [-0.39, 0.29) is 19.2 Å². The molecule has 7 heteroatoms. The first-order valence-corrected chi connectivity index (χ1v) is 9.69. The molecular weight excluding hydrogens is 344 g/mol. The van der Waals surface area contributed by atoms with Crippen molar-refractivity contribution in [3.63, 3.8) is 0 Å². The Labute approximate surface area is 164 Å². The number of carbonyl (C=O) groups excluding carboxylic acids is 2. The Morgan fingerprint density at radius 1 is 1.26 bits per heavy atom. The summed E-state index contributed by atoms with van der Waals surface area (Å²) < 4.78 is 12.6. The van der Waals surface area contributed by atoms with E-state index in [1.165, 1.54) is 12.8 Å². The van der Waals surface area contributed by atoms with Crippen molar-refractivity contribution in [1.82, 2.24) is 20.0 Å². The van der Waals surface area contributed by atoms with Gasteiger partial charge in [0.1, 0.15) is 11.6 Å². The summed E-state index contributed by atoms with van der Waals surface area (Å²) in [4.78, 5) is 31.6. The molecule has 2 aliphatic rings. The third-order valence-electron chi connectivity index (χ3n) is 5.11. The summed E-state index contributed by atoms with van der Waals surface area (Å²) in [6, 6.07) is -0.205. The van der Waals surface area contributed by atoms with Gasteiger partial charge in [-0.15, -0.1) is 12.3 Å². The number of amides is 2. The van der Waals surface area contributed by atoms with Crippen molar-refractivity contribution in [1.29, 1.82) is 0 Å². The molecule has 0 aromatic rings. The number of likely N-dealkylation sites (tertiary alicyclic amines) is 1. The second kappa shape index (κ2) is 9.43. The van der Waals surface area contributed by atoms with Crippen LogP contribution in [0.25, 0.3) is 0 Å². The molecule has 2 fully saturated rings. The average Bonchev–Trinajstić information content (AvgIpc) is 2.67. The molecule has 1 N–H and O–H groups in total. The van der Waals surface area contributed by atoms with Crippen LogP contribution in [-0.4, -0.2) is 90.7 Å². The van der Waals surface area contributed by atoms with Gasteiger partial charge in [0, 0.05) is 40.0 Å². The minimum atomic E-state index is -0.909. The first-order valence-electron chi connectivity index (χ1n) is 10.4. The molecule has 0 aromatic carbocycles. The molecule has 0 spiro atoms. The fraction of sp³-hybridized carbons (Fsp3) is 0.800. The number of rotatable bonds is 4. The Kier molecular flexibility index (Phi) is 6.97. The fourth-order valence-electron chi connectivity index (χ4n) is 3.63. The van der Waals surface area contributed by atoms with Gasteiger partial charge in [-0.2, -0.15) is 0 Å². The first kappa shape index (κ1) is 20.0. The van der Waals surface area contributed by atoms with Crippen molar-refractivity contribution in [2.45, 2.75) is 57.7 Å². The fourth-order valence-corrected chi connectivity index (χ4v) is 3.63. The highest BCUT2D eigenvalue weighted by Crippen LogP contribution is 2.18. The van der Waals surface area contributed by atoms with Gasteiger partial charge in [0.15, 0.2) is 0 Å². The van der Waals surface area contributed by atoms with Gasteiger partial charge in [0.05, 0.1) is 0 Å². The Morgan fingerprint density at radius 3 is 2.44 bits per heavy atom. The van der Waals surface area contributed by atoms with Gasteiger partial charge in [0.2, 0.25) is 5.91 Å². The van der Waals surface area contributed by atoms with E-state index in [1.807, 2.05) is 0 Å². The molecule has 2 rings (SSSR count). The maximum Gasteiger partial charge on any atom is 0.408 e. The van der Waals surface area contributed by atoms with Crippen LogP contribution in [0.5, 0.6) is 0 Å². The lowest BCUT2D eigenvalue weighted by atomic mass is 10.0. The van der Waals surface area contributed by atoms with Crippen LogP contribution in [0, 0.1) is 12.3 Å². The van der Waals surface area contributed by atoms with Gasteiger partial charge in [-0.3, -0.25) is 9.69 Å². The number of terminal acetylenes is 1. The molecule has 2 saturated heterocycles. The predicted octanol–water partition coefficient (Wildman–Crippen LogP) is 1.14. The van der Waals surface area contributed by atoms with Crippen molar-refractivity contribution in [2.24, 2.45) is 0 Å². The molecule has 2 heterocycles. The molecular formula is C20H34N4O3. The molecule has 0 bridgehead atoms. The third kappa shape index (κ3) is 6.71. The van der Waals surface area contributed by atoms with E-state index in [1.54, 1.807) is 18.7 Å². The highest BCUT2D eigenvalue weighted by atomic mass is 16.6. The Bertz CT molecular complexity index is 576. The van der Waals surface area contributed by atoms with Crippen LogP contribution in [0.1, 0.15) is 41.4 Å². The summed E-state index contributed by atoms with van der Waals surface area (Å²) in [7, 11) is 2.15. The molecule has 0 radical (unpaired) electrons. The van der Waals surface area contributed by atoms with Gasteiger partial charge in [-0.1, -0.05) is 0 Å². The largest absolute Gasteiger partial charge is 0.444 e. The van der Waals surface area contributed by atoms with Crippen LogP contribution in [-0.2, 0) is 9.53 Å². The molecule has 2 aliphatic heterocycles. The van der Waals surface area contributed by atoms with Gasteiger partial charge in [-0.25, -0.2) is 4.79 Å².